The van der Waals surface area contributed by atoms with Gasteiger partial charge in [0.15, 0.2) is 0 Å². The van der Waals surface area contributed by atoms with E-state index >= 15 is 0 Å². The van der Waals surface area contributed by atoms with E-state index in [1.807, 2.05) is 24.3 Å². The van der Waals surface area contributed by atoms with Gasteiger partial charge in [-0.3, -0.25) is 9.69 Å². The van der Waals surface area contributed by atoms with Gasteiger partial charge in [0.2, 0.25) is 5.91 Å². The van der Waals surface area contributed by atoms with Crippen LogP contribution in [-0.4, -0.2) is 56.2 Å². The van der Waals surface area contributed by atoms with E-state index in [9.17, 15) is 4.79 Å². The largest absolute Gasteiger partial charge is 0.379 e. The predicted molar refractivity (Wildman–Crippen MR) is 83.4 cm³/mol. The van der Waals surface area contributed by atoms with E-state index in [2.05, 4.69) is 10.2 Å². The Morgan fingerprint density at radius 2 is 2.00 bits per heavy atom. The maximum atomic E-state index is 11.6. The van der Waals surface area contributed by atoms with Crippen molar-refractivity contribution in [2.24, 2.45) is 5.73 Å². The summed E-state index contributed by atoms with van der Waals surface area (Å²) in [5, 5.41) is 3.93. The summed E-state index contributed by atoms with van der Waals surface area (Å²) in [5.74, 6) is -0.327. The van der Waals surface area contributed by atoms with Crippen molar-refractivity contribution in [1.29, 1.82) is 0 Å². The van der Waals surface area contributed by atoms with E-state index in [0.717, 1.165) is 45.0 Å². The average Bonchev–Trinajstić information content (AvgIpc) is 2.49. The third kappa shape index (κ3) is 5.63. The summed E-state index contributed by atoms with van der Waals surface area (Å²) in [6.07, 6.45) is 0.579. The van der Waals surface area contributed by atoms with Gasteiger partial charge in [-0.1, -0.05) is 23.7 Å². The summed E-state index contributed by atoms with van der Waals surface area (Å²) in [7, 11) is 0. The molecule has 0 aliphatic carbocycles. The number of carbonyl (C=O) groups excluding carboxylic acids is 1. The lowest BCUT2D eigenvalue weighted by Crippen LogP contribution is -2.47. The molecule has 1 aromatic carbocycles. The molecule has 1 saturated heterocycles. The van der Waals surface area contributed by atoms with Crippen molar-refractivity contribution in [1.82, 2.24) is 10.2 Å². The van der Waals surface area contributed by atoms with E-state index in [1.54, 1.807) is 0 Å². The van der Waals surface area contributed by atoms with Crippen LogP contribution >= 0.6 is 11.6 Å². The quantitative estimate of drug-likeness (QED) is 0.776. The Bertz CT molecular complexity index is 447. The first-order valence-electron chi connectivity index (χ1n) is 7.22. The number of morpholine rings is 1. The number of nitrogens with zero attached hydrogens (tertiary/aromatic N) is 1. The monoisotopic (exact) mass is 311 g/mol. The smallest absolute Gasteiger partial charge is 0.234 e. The molecule has 1 atom stereocenters. The van der Waals surface area contributed by atoms with Gasteiger partial charge in [0.25, 0.3) is 0 Å². The Morgan fingerprint density at radius 3 is 2.62 bits per heavy atom. The fourth-order valence-electron chi connectivity index (χ4n) is 2.35. The number of halogens is 1. The highest BCUT2D eigenvalue weighted by Gasteiger charge is 2.16. The van der Waals surface area contributed by atoms with Gasteiger partial charge in [0.1, 0.15) is 0 Å². The summed E-state index contributed by atoms with van der Waals surface area (Å²) in [6.45, 7) is 5.09. The highest BCUT2D eigenvalue weighted by atomic mass is 35.5. The second-order valence-corrected chi connectivity index (χ2v) is 5.63. The Hall–Kier alpha value is -1.14. The standard InChI is InChI=1S/C15H22ClN3O2/c16-13-3-1-12(2-4-13)11-14(15(17)20)18-5-6-19-7-9-21-10-8-19/h1-4,14,18H,5-11H2,(H2,17,20)/t14-/m1/s1. The SMILES string of the molecule is NC(=O)[C@@H](Cc1ccc(Cl)cc1)NCCN1CCOCC1. The van der Waals surface area contributed by atoms with Crippen LogP contribution in [0.2, 0.25) is 5.02 Å². The van der Waals surface area contributed by atoms with E-state index in [1.165, 1.54) is 0 Å². The van der Waals surface area contributed by atoms with Crippen LogP contribution in [-0.2, 0) is 16.0 Å². The van der Waals surface area contributed by atoms with Gasteiger partial charge in [-0.2, -0.15) is 0 Å². The summed E-state index contributed by atoms with van der Waals surface area (Å²) < 4.78 is 5.31. The summed E-state index contributed by atoms with van der Waals surface area (Å²) in [6, 6.07) is 7.13. The molecule has 2 rings (SSSR count). The number of benzene rings is 1. The number of carbonyl (C=O) groups is 1. The van der Waals surface area contributed by atoms with E-state index in [4.69, 9.17) is 22.1 Å². The summed E-state index contributed by atoms with van der Waals surface area (Å²) in [5.41, 5.74) is 6.52. The van der Waals surface area contributed by atoms with Gasteiger partial charge in [-0.15, -0.1) is 0 Å². The molecule has 1 aliphatic heterocycles. The van der Waals surface area contributed by atoms with Crippen molar-refractivity contribution in [3.05, 3.63) is 34.9 Å². The first kappa shape index (κ1) is 16.2. The number of hydrogen-bond acceptors (Lipinski definition) is 4. The number of hydrogen-bond donors (Lipinski definition) is 2. The van der Waals surface area contributed by atoms with E-state index in [0.29, 0.717) is 11.4 Å². The van der Waals surface area contributed by atoms with Crippen LogP contribution in [0.1, 0.15) is 5.56 Å². The minimum absolute atomic E-state index is 0.327. The number of amides is 1. The third-order valence-electron chi connectivity index (χ3n) is 3.62. The second-order valence-electron chi connectivity index (χ2n) is 5.19. The van der Waals surface area contributed by atoms with Crippen LogP contribution in [0.25, 0.3) is 0 Å². The zero-order valence-corrected chi connectivity index (χ0v) is 12.8. The number of nitrogens with two attached hydrogens (primary N) is 1. The molecule has 0 aromatic heterocycles. The minimum Gasteiger partial charge on any atom is -0.379 e. The molecule has 6 heteroatoms. The number of ether oxygens (including phenoxy) is 1. The molecule has 0 unspecified atom stereocenters. The van der Waals surface area contributed by atoms with Crippen molar-refractivity contribution in [3.63, 3.8) is 0 Å². The van der Waals surface area contributed by atoms with E-state index < -0.39 is 0 Å². The maximum absolute atomic E-state index is 11.6. The zero-order chi connectivity index (χ0) is 15.1. The topological polar surface area (TPSA) is 67.6 Å². The zero-order valence-electron chi connectivity index (χ0n) is 12.1. The van der Waals surface area contributed by atoms with Crippen LogP contribution < -0.4 is 11.1 Å². The third-order valence-corrected chi connectivity index (χ3v) is 3.87. The fraction of sp³-hybridized carbons (Fsp3) is 0.533. The molecule has 0 bridgehead atoms. The second kappa shape index (κ2) is 8.34. The molecular weight excluding hydrogens is 290 g/mol. The molecule has 0 saturated carbocycles. The number of primary amides is 1. The first-order valence-corrected chi connectivity index (χ1v) is 7.60. The molecule has 1 heterocycles. The Morgan fingerprint density at radius 1 is 1.33 bits per heavy atom. The lowest BCUT2D eigenvalue weighted by atomic mass is 10.1. The normalized spacial score (nSPS) is 17.6. The average molecular weight is 312 g/mol. The summed E-state index contributed by atoms with van der Waals surface area (Å²) in [4.78, 5) is 13.9. The molecule has 116 valence electrons. The van der Waals surface area contributed by atoms with Gasteiger partial charge in [-0.25, -0.2) is 0 Å². The van der Waals surface area contributed by atoms with Crippen molar-refractivity contribution in [3.8, 4) is 0 Å². The fourth-order valence-corrected chi connectivity index (χ4v) is 2.48. The summed E-state index contributed by atoms with van der Waals surface area (Å²) >= 11 is 5.86. The molecular formula is C15H22ClN3O2. The van der Waals surface area contributed by atoms with Gasteiger partial charge >= 0.3 is 0 Å². The first-order chi connectivity index (χ1) is 10.1. The molecule has 1 amide bonds. The van der Waals surface area contributed by atoms with Gasteiger partial charge in [0, 0.05) is 31.2 Å². The minimum atomic E-state index is -0.354. The van der Waals surface area contributed by atoms with Crippen LogP contribution in [0, 0.1) is 0 Å². The van der Waals surface area contributed by atoms with Gasteiger partial charge in [-0.05, 0) is 24.1 Å². The highest BCUT2D eigenvalue weighted by Crippen LogP contribution is 2.11. The van der Waals surface area contributed by atoms with Crippen molar-refractivity contribution >= 4 is 17.5 Å². The molecule has 0 radical (unpaired) electrons. The van der Waals surface area contributed by atoms with Crippen LogP contribution in [0.15, 0.2) is 24.3 Å². The Kier molecular flexibility index (Phi) is 6.45. The molecule has 1 aliphatic rings. The van der Waals surface area contributed by atoms with Crippen LogP contribution in [0.3, 0.4) is 0 Å². The molecule has 21 heavy (non-hydrogen) atoms. The van der Waals surface area contributed by atoms with E-state index in [-0.39, 0.29) is 11.9 Å². The maximum Gasteiger partial charge on any atom is 0.234 e. The number of nitrogens with one attached hydrogen (secondary N) is 1. The lowest BCUT2D eigenvalue weighted by molar-refractivity contribution is -0.120. The van der Waals surface area contributed by atoms with Crippen molar-refractivity contribution in [2.75, 3.05) is 39.4 Å². The number of rotatable bonds is 7. The van der Waals surface area contributed by atoms with Crippen LogP contribution in [0.4, 0.5) is 0 Å². The molecule has 3 N–H and O–H groups in total. The molecule has 1 fully saturated rings. The van der Waals surface area contributed by atoms with Crippen molar-refractivity contribution in [2.45, 2.75) is 12.5 Å². The Labute approximate surface area is 130 Å². The van der Waals surface area contributed by atoms with Gasteiger partial charge in [0.05, 0.1) is 19.3 Å². The highest BCUT2D eigenvalue weighted by molar-refractivity contribution is 6.30. The van der Waals surface area contributed by atoms with Gasteiger partial charge < -0.3 is 15.8 Å². The van der Waals surface area contributed by atoms with Crippen molar-refractivity contribution < 1.29 is 9.53 Å². The molecule has 1 aromatic rings. The molecule has 0 spiro atoms. The lowest BCUT2D eigenvalue weighted by Gasteiger charge is -2.27. The molecule has 5 nitrogen and oxygen atoms in total. The predicted octanol–water partition coefficient (Wildman–Crippen LogP) is 0.658. The van der Waals surface area contributed by atoms with Crippen LogP contribution in [0.5, 0.6) is 0 Å². The Balaban J connectivity index is 1.78.